The topological polar surface area (TPSA) is 103 Å². The Bertz CT molecular complexity index is 638. The Hall–Kier alpha value is -2.17. The van der Waals surface area contributed by atoms with E-state index < -0.39 is 23.1 Å². The summed E-state index contributed by atoms with van der Waals surface area (Å²) in [7, 11) is 0. The Morgan fingerprint density at radius 2 is 1.95 bits per heavy atom. The Morgan fingerprint density at radius 3 is 2.60 bits per heavy atom. The van der Waals surface area contributed by atoms with Gasteiger partial charge in [0.05, 0.1) is 5.41 Å². The average Bonchev–Trinajstić information content (AvgIpc) is 2.54. The number of Topliss-reactive ketones (excluding diaryl/α,β-unsaturated/α-hetero) is 1. The molecule has 2 atom stereocenters. The lowest BCUT2D eigenvalue weighted by atomic mass is 9.70. The largest absolute Gasteiger partial charge is 0.369 e. The first-order valence-electron chi connectivity index (χ1n) is 6.76. The van der Waals surface area contributed by atoms with Crippen LogP contribution in [0.4, 0.5) is 0 Å². The van der Waals surface area contributed by atoms with Crippen LogP contribution in [0.5, 0.6) is 0 Å². The molecule has 0 heterocycles. The van der Waals surface area contributed by atoms with Gasteiger partial charge in [0, 0.05) is 5.56 Å². The molecular formula is C15H16N2O3. The number of benzene rings is 1. The van der Waals surface area contributed by atoms with Gasteiger partial charge < -0.3 is 11.5 Å². The van der Waals surface area contributed by atoms with E-state index in [2.05, 4.69) is 0 Å². The summed E-state index contributed by atoms with van der Waals surface area (Å²) in [6, 6.07) is 5.35. The van der Waals surface area contributed by atoms with Gasteiger partial charge in [-0.1, -0.05) is 24.6 Å². The van der Waals surface area contributed by atoms with Gasteiger partial charge in [-0.25, -0.2) is 0 Å². The van der Waals surface area contributed by atoms with Crippen molar-refractivity contribution in [2.45, 2.75) is 31.1 Å². The smallest absolute Gasteiger partial charge is 0.229 e. The first-order chi connectivity index (χ1) is 9.50. The van der Waals surface area contributed by atoms with E-state index in [1.807, 2.05) is 6.07 Å². The Kier molecular flexibility index (Phi) is 2.67. The maximum atomic E-state index is 12.5. The zero-order chi connectivity index (χ0) is 14.5. The maximum Gasteiger partial charge on any atom is 0.229 e. The summed E-state index contributed by atoms with van der Waals surface area (Å²) in [6.45, 7) is 0. The van der Waals surface area contributed by atoms with Crippen LogP contribution in [-0.2, 0) is 21.4 Å². The molecule has 0 saturated carbocycles. The first kappa shape index (κ1) is 12.8. The van der Waals surface area contributed by atoms with Crippen LogP contribution in [0.1, 0.15) is 40.7 Å². The fraction of sp³-hybridized carbons (Fsp3) is 0.400. The second kappa shape index (κ2) is 4.16. The predicted molar refractivity (Wildman–Crippen MR) is 71.9 cm³/mol. The van der Waals surface area contributed by atoms with Gasteiger partial charge in [0.1, 0.15) is 5.92 Å². The van der Waals surface area contributed by atoms with Gasteiger partial charge in [-0.15, -0.1) is 0 Å². The van der Waals surface area contributed by atoms with Crippen molar-refractivity contribution in [1.82, 2.24) is 0 Å². The van der Waals surface area contributed by atoms with Gasteiger partial charge in [0.2, 0.25) is 11.8 Å². The fourth-order valence-electron chi connectivity index (χ4n) is 3.81. The van der Waals surface area contributed by atoms with Crippen molar-refractivity contribution in [3.8, 4) is 0 Å². The minimum Gasteiger partial charge on any atom is -0.369 e. The minimum absolute atomic E-state index is 0.366. The van der Waals surface area contributed by atoms with Crippen LogP contribution in [0.3, 0.4) is 0 Å². The maximum absolute atomic E-state index is 12.5. The fourth-order valence-corrected chi connectivity index (χ4v) is 3.81. The second-order valence-electron chi connectivity index (χ2n) is 5.58. The molecular weight excluding hydrogens is 256 g/mol. The molecule has 0 aromatic heterocycles. The van der Waals surface area contributed by atoms with Crippen LogP contribution in [-0.4, -0.2) is 17.6 Å². The molecule has 0 radical (unpaired) electrons. The highest BCUT2D eigenvalue weighted by Crippen LogP contribution is 2.49. The van der Waals surface area contributed by atoms with Crippen LogP contribution in [0.25, 0.3) is 0 Å². The molecule has 0 saturated heterocycles. The van der Waals surface area contributed by atoms with E-state index in [1.165, 1.54) is 0 Å². The molecule has 3 rings (SSSR count). The summed E-state index contributed by atoms with van der Waals surface area (Å²) in [5.74, 6) is -2.91. The van der Waals surface area contributed by atoms with Crippen molar-refractivity contribution in [3.05, 3.63) is 34.9 Å². The molecule has 0 spiro atoms. The number of ketones is 1. The number of aryl methyl sites for hydroxylation is 1. The molecule has 2 aliphatic carbocycles. The minimum atomic E-state index is -1.24. The zero-order valence-electron chi connectivity index (χ0n) is 11.0. The molecule has 2 amide bonds. The van der Waals surface area contributed by atoms with Crippen LogP contribution < -0.4 is 11.5 Å². The van der Waals surface area contributed by atoms with Crippen molar-refractivity contribution in [2.75, 3.05) is 0 Å². The Morgan fingerprint density at radius 1 is 1.20 bits per heavy atom. The lowest BCUT2D eigenvalue weighted by molar-refractivity contribution is -0.131. The van der Waals surface area contributed by atoms with Gasteiger partial charge in [-0.3, -0.25) is 14.4 Å². The van der Waals surface area contributed by atoms with Crippen LogP contribution in [0.2, 0.25) is 0 Å². The molecule has 0 fully saturated rings. The molecule has 2 aliphatic rings. The Labute approximate surface area is 116 Å². The van der Waals surface area contributed by atoms with E-state index in [0.29, 0.717) is 17.5 Å². The van der Waals surface area contributed by atoms with E-state index in [-0.39, 0.29) is 5.78 Å². The van der Waals surface area contributed by atoms with Gasteiger partial charge >= 0.3 is 0 Å². The van der Waals surface area contributed by atoms with Crippen molar-refractivity contribution >= 4 is 17.6 Å². The predicted octanol–water partition coefficient (Wildman–Crippen LogP) is 0.434. The summed E-state index contributed by atoms with van der Waals surface area (Å²) < 4.78 is 0. The molecule has 2 unspecified atom stereocenters. The van der Waals surface area contributed by atoms with Crippen LogP contribution in [0.15, 0.2) is 18.2 Å². The molecule has 1 aromatic carbocycles. The molecule has 0 aliphatic heterocycles. The lowest BCUT2D eigenvalue weighted by Gasteiger charge is -2.30. The number of nitrogens with two attached hydrogens (primary N) is 2. The monoisotopic (exact) mass is 272 g/mol. The van der Waals surface area contributed by atoms with Crippen LogP contribution >= 0.6 is 0 Å². The van der Waals surface area contributed by atoms with E-state index in [9.17, 15) is 14.4 Å². The third kappa shape index (κ3) is 1.40. The second-order valence-corrected chi connectivity index (χ2v) is 5.58. The number of primary amides is 2. The quantitative estimate of drug-likeness (QED) is 0.763. The van der Waals surface area contributed by atoms with Gasteiger partial charge in [0.15, 0.2) is 5.78 Å². The Balaban J connectivity index is 2.38. The number of hydrogen-bond donors (Lipinski definition) is 2. The summed E-state index contributed by atoms with van der Waals surface area (Å²) in [6.07, 6.45) is 2.85. The van der Waals surface area contributed by atoms with Crippen LogP contribution in [0, 0.1) is 5.92 Å². The van der Waals surface area contributed by atoms with E-state index in [0.717, 1.165) is 24.8 Å². The summed E-state index contributed by atoms with van der Waals surface area (Å²) in [5, 5.41) is 0. The summed E-state index contributed by atoms with van der Waals surface area (Å²) in [4.78, 5) is 36.5. The van der Waals surface area contributed by atoms with Gasteiger partial charge in [0.25, 0.3) is 0 Å². The molecule has 5 heteroatoms. The number of hydrogen-bond acceptors (Lipinski definition) is 3. The highest BCUT2D eigenvalue weighted by Gasteiger charge is 2.59. The first-order valence-corrected chi connectivity index (χ1v) is 6.76. The SMILES string of the molecule is NC(=O)C1C(=O)c2cccc3c2C1(C(N)=O)CCCC3. The molecule has 4 N–H and O–H groups in total. The number of amides is 2. The lowest BCUT2D eigenvalue weighted by Crippen LogP contribution is -2.51. The average molecular weight is 272 g/mol. The molecule has 20 heavy (non-hydrogen) atoms. The highest BCUT2D eigenvalue weighted by molar-refractivity contribution is 6.20. The molecule has 5 nitrogen and oxygen atoms in total. The zero-order valence-corrected chi connectivity index (χ0v) is 11.0. The van der Waals surface area contributed by atoms with E-state index in [4.69, 9.17) is 11.5 Å². The highest BCUT2D eigenvalue weighted by atomic mass is 16.2. The standard InChI is InChI=1S/C15H16N2O3/c16-13(19)11-12(18)9-6-3-5-8-4-1-2-7-15(11,10(8)9)14(17)20/h3,5-6,11H,1-2,4,7H2,(H2,16,19)(H2,17,20). The number of carbonyl (C=O) groups excluding carboxylic acids is 3. The molecule has 0 bridgehead atoms. The normalized spacial score (nSPS) is 27.8. The third-order valence-corrected chi connectivity index (χ3v) is 4.61. The number of carbonyl (C=O) groups is 3. The van der Waals surface area contributed by atoms with Gasteiger partial charge in [-0.05, 0) is 30.4 Å². The molecule has 104 valence electrons. The van der Waals surface area contributed by atoms with E-state index in [1.54, 1.807) is 12.1 Å². The van der Waals surface area contributed by atoms with Crippen molar-refractivity contribution < 1.29 is 14.4 Å². The third-order valence-electron chi connectivity index (χ3n) is 4.61. The van der Waals surface area contributed by atoms with Crippen molar-refractivity contribution in [3.63, 3.8) is 0 Å². The van der Waals surface area contributed by atoms with Gasteiger partial charge in [-0.2, -0.15) is 0 Å². The molecule has 1 aromatic rings. The summed E-state index contributed by atoms with van der Waals surface area (Å²) >= 11 is 0. The van der Waals surface area contributed by atoms with E-state index >= 15 is 0 Å². The van der Waals surface area contributed by atoms with Crippen molar-refractivity contribution in [2.24, 2.45) is 17.4 Å². The summed E-state index contributed by atoms with van der Waals surface area (Å²) in [5.41, 5.74) is 11.8. The van der Waals surface area contributed by atoms with Crippen molar-refractivity contribution in [1.29, 1.82) is 0 Å². The number of rotatable bonds is 2.